The van der Waals surface area contributed by atoms with Crippen molar-refractivity contribution < 1.29 is 5.11 Å². The summed E-state index contributed by atoms with van der Waals surface area (Å²) in [7, 11) is 0. The average molecular weight is 204 g/mol. The molecule has 1 N–H and O–H groups in total. The monoisotopic (exact) mass is 204 g/mol. The lowest BCUT2D eigenvalue weighted by Crippen LogP contribution is -2.09. The molecule has 0 aromatic heterocycles. The summed E-state index contributed by atoms with van der Waals surface area (Å²) in [6.45, 7) is 4.15. The van der Waals surface area contributed by atoms with E-state index in [0.29, 0.717) is 5.92 Å². The second-order valence-electron chi connectivity index (χ2n) is 4.98. The van der Waals surface area contributed by atoms with Crippen LogP contribution in [-0.2, 0) is 0 Å². The van der Waals surface area contributed by atoms with E-state index in [1.165, 1.54) is 12.0 Å². The molecule has 1 aromatic carbocycles. The van der Waals surface area contributed by atoms with Crippen molar-refractivity contribution in [3.05, 3.63) is 35.9 Å². The lowest BCUT2D eigenvalue weighted by molar-refractivity contribution is 0.158. The van der Waals surface area contributed by atoms with Gasteiger partial charge in [0, 0.05) is 0 Å². The molecule has 0 aliphatic heterocycles. The van der Waals surface area contributed by atoms with Crippen molar-refractivity contribution in [3.63, 3.8) is 0 Å². The molecule has 1 nitrogen and oxygen atoms in total. The number of benzene rings is 1. The van der Waals surface area contributed by atoms with Gasteiger partial charge in [-0.15, -0.1) is 0 Å². The number of aliphatic hydroxyl groups is 1. The summed E-state index contributed by atoms with van der Waals surface area (Å²) in [6.07, 6.45) is 2.09. The summed E-state index contributed by atoms with van der Waals surface area (Å²) in [4.78, 5) is 0. The maximum absolute atomic E-state index is 9.36. The molecule has 1 saturated carbocycles. The van der Waals surface area contributed by atoms with Crippen molar-refractivity contribution >= 4 is 0 Å². The predicted octanol–water partition coefficient (Wildman–Crippen LogP) is 3.20. The van der Waals surface area contributed by atoms with Gasteiger partial charge in [-0.1, -0.05) is 37.3 Å². The van der Waals surface area contributed by atoms with E-state index in [-0.39, 0.29) is 6.10 Å². The van der Waals surface area contributed by atoms with Crippen LogP contribution in [0.4, 0.5) is 0 Å². The van der Waals surface area contributed by atoms with Gasteiger partial charge in [-0.2, -0.15) is 0 Å². The molecule has 0 amide bonds. The molecule has 1 aromatic rings. The van der Waals surface area contributed by atoms with Gasteiger partial charge in [0.05, 0.1) is 6.10 Å². The maximum atomic E-state index is 9.36. The fourth-order valence-electron chi connectivity index (χ4n) is 2.64. The van der Waals surface area contributed by atoms with Gasteiger partial charge in [0.25, 0.3) is 0 Å². The van der Waals surface area contributed by atoms with Gasteiger partial charge in [-0.25, -0.2) is 0 Å². The van der Waals surface area contributed by atoms with E-state index in [4.69, 9.17) is 0 Å². The topological polar surface area (TPSA) is 20.2 Å². The Kier molecular flexibility index (Phi) is 3.11. The zero-order valence-electron chi connectivity index (χ0n) is 9.56. The summed E-state index contributed by atoms with van der Waals surface area (Å²) in [5.74, 6) is 2.19. The summed E-state index contributed by atoms with van der Waals surface area (Å²) in [5, 5.41) is 9.36. The third-order valence-electron chi connectivity index (χ3n) is 3.51. The molecule has 0 saturated heterocycles. The Morgan fingerprint density at radius 2 is 1.93 bits per heavy atom. The van der Waals surface area contributed by atoms with E-state index in [1.54, 1.807) is 0 Å². The molecular weight excluding hydrogens is 184 g/mol. The molecule has 1 fully saturated rings. The van der Waals surface area contributed by atoms with Crippen LogP contribution in [0.2, 0.25) is 0 Å². The Hall–Kier alpha value is -0.820. The van der Waals surface area contributed by atoms with Gasteiger partial charge in [0.1, 0.15) is 0 Å². The van der Waals surface area contributed by atoms with Crippen LogP contribution < -0.4 is 0 Å². The lowest BCUT2D eigenvalue weighted by Gasteiger charge is -2.12. The van der Waals surface area contributed by atoms with Crippen LogP contribution in [0.1, 0.15) is 38.2 Å². The zero-order valence-corrected chi connectivity index (χ0v) is 9.56. The summed E-state index contributed by atoms with van der Waals surface area (Å²) in [5.41, 5.74) is 1.47. The molecule has 1 aliphatic carbocycles. The van der Waals surface area contributed by atoms with Crippen molar-refractivity contribution in [3.8, 4) is 0 Å². The van der Waals surface area contributed by atoms with Crippen molar-refractivity contribution in [2.75, 3.05) is 0 Å². The Labute approximate surface area is 92.1 Å². The Morgan fingerprint density at radius 3 is 2.53 bits per heavy atom. The molecule has 2 rings (SSSR count). The second kappa shape index (κ2) is 4.36. The summed E-state index contributed by atoms with van der Waals surface area (Å²) < 4.78 is 0. The zero-order chi connectivity index (χ0) is 10.8. The van der Waals surface area contributed by atoms with E-state index in [2.05, 4.69) is 37.3 Å². The number of hydrogen-bond donors (Lipinski definition) is 1. The molecule has 0 radical (unpaired) electrons. The van der Waals surface area contributed by atoms with Crippen LogP contribution in [-0.4, -0.2) is 11.2 Å². The highest BCUT2D eigenvalue weighted by atomic mass is 16.3. The minimum Gasteiger partial charge on any atom is -0.393 e. The highest BCUT2D eigenvalue weighted by Gasteiger charge is 2.41. The van der Waals surface area contributed by atoms with E-state index in [0.717, 1.165) is 18.3 Å². The van der Waals surface area contributed by atoms with Gasteiger partial charge < -0.3 is 5.11 Å². The number of rotatable bonds is 4. The van der Waals surface area contributed by atoms with Gasteiger partial charge >= 0.3 is 0 Å². The Morgan fingerprint density at radius 1 is 1.27 bits per heavy atom. The van der Waals surface area contributed by atoms with E-state index in [9.17, 15) is 5.11 Å². The van der Waals surface area contributed by atoms with Crippen molar-refractivity contribution in [1.82, 2.24) is 0 Å². The molecular formula is C14H20O. The first kappa shape index (κ1) is 10.7. The van der Waals surface area contributed by atoms with Crippen LogP contribution in [0.3, 0.4) is 0 Å². The number of aliphatic hydroxyl groups excluding tert-OH is 1. The van der Waals surface area contributed by atoms with Crippen LogP contribution in [0, 0.1) is 11.8 Å². The first-order valence-electron chi connectivity index (χ1n) is 5.91. The standard InChI is InChI=1S/C14H20O/c1-10(8-11(2)15)13-9-14(13)12-6-4-3-5-7-12/h3-7,10-11,13-15H,8-9H2,1-2H3. The second-order valence-corrected chi connectivity index (χ2v) is 4.98. The van der Waals surface area contributed by atoms with Crippen LogP contribution in [0.15, 0.2) is 30.3 Å². The van der Waals surface area contributed by atoms with Crippen LogP contribution >= 0.6 is 0 Å². The molecule has 82 valence electrons. The first-order valence-corrected chi connectivity index (χ1v) is 5.91. The van der Waals surface area contributed by atoms with Crippen molar-refractivity contribution in [2.45, 2.75) is 38.7 Å². The van der Waals surface area contributed by atoms with Crippen molar-refractivity contribution in [1.29, 1.82) is 0 Å². The lowest BCUT2D eigenvalue weighted by atomic mass is 9.96. The van der Waals surface area contributed by atoms with Gasteiger partial charge in [-0.05, 0) is 43.1 Å². The van der Waals surface area contributed by atoms with Crippen LogP contribution in [0.25, 0.3) is 0 Å². The highest BCUT2D eigenvalue weighted by molar-refractivity contribution is 5.25. The summed E-state index contributed by atoms with van der Waals surface area (Å²) in [6, 6.07) is 10.7. The predicted molar refractivity (Wildman–Crippen MR) is 62.8 cm³/mol. The van der Waals surface area contributed by atoms with Crippen LogP contribution in [0.5, 0.6) is 0 Å². The highest BCUT2D eigenvalue weighted by Crippen LogP contribution is 2.52. The van der Waals surface area contributed by atoms with Gasteiger partial charge in [-0.3, -0.25) is 0 Å². The van der Waals surface area contributed by atoms with E-state index < -0.39 is 0 Å². The van der Waals surface area contributed by atoms with E-state index in [1.807, 2.05) is 6.92 Å². The van der Waals surface area contributed by atoms with Crippen molar-refractivity contribution in [2.24, 2.45) is 11.8 Å². The fourth-order valence-corrected chi connectivity index (χ4v) is 2.64. The molecule has 0 heterocycles. The van der Waals surface area contributed by atoms with Gasteiger partial charge in [0.2, 0.25) is 0 Å². The minimum absolute atomic E-state index is 0.156. The Balaban J connectivity index is 1.91. The first-order chi connectivity index (χ1) is 7.18. The molecule has 0 spiro atoms. The van der Waals surface area contributed by atoms with Gasteiger partial charge in [0.15, 0.2) is 0 Å². The van der Waals surface area contributed by atoms with E-state index >= 15 is 0 Å². The molecule has 4 unspecified atom stereocenters. The minimum atomic E-state index is -0.156. The SMILES string of the molecule is CC(O)CC(C)C1CC1c1ccccc1. The summed E-state index contributed by atoms with van der Waals surface area (Å²) >= 11 is 0. The Bertz CT molecular complexity index is 304. The maximum Gasteiger partial charge on any atom is 0.0514 e. The third-order valence-corrected chi connectivity index (χ3v) is 3.51. The average Bonchev–Trinajstić information content (AvgIpc) is 2.97. The fraction of sp³-hybridized carbons (Fsp3) is 0.571. The molecule has 1 aliphatic rings. The largest absolute Gasteiger partial charge is 0.393 e. The molecule has 1 heteroatoms. The number of hydrogen-bond acceptors (Lipinski definition) is 1. The molecule has 15 heavy (non-hydrogen) atoms. The smallest absolute Gasteiger partial charge is 0.0514 e. The normalized spacial score (nSPS) is 28.5. The quantitative estimate of drug-likeness (QED) is 0.798. The molecule has 4 atom stereocenters. The molecule has 0 bridgehead atoms. The third kappa shape index (κ3) is 2.60.